The first kappa shape index (κ1) is 10.3. The number of rotatable bonds is 5. The Morgan fingerprint density at radius 3 is 2.30 bits per heavy atom. The first-order valence-corrected chi connectivity index (χ1v) is 4.64. The van der Waals surface area contributed by atoms with E-state index in [-0.39, 0.29) is 0 Å². The van der Waals surface area contributed by atoms with Crippen LogP contribution < -0.4 is 5.32 Å². The van der Waals surface area contributed by atoms with Crippen molar-refractivity contribution in [3.63, 3.8) is 0 Å². The zero-order valence-corrected chi connectivity index (χ0v) is 8.12. The summed E-state index contributed by atoms with van der Waals surface area (Å²) < 4.78 is 0. The van der Waals surface area contributed by atoms with Crippen molar-refractivity contribution in [3.8, 4) is 0 Å². The molecule has 0 heterocycles. The second-order valence-corrected chi connectivity index (χ2v) is 3.66. The quantitative estimate of drug-likeness (QED) is 0.587. The summed E-state index contributed by atoms with van der Waals surface area (Å²) in [5, 5.41) is 3.43. The molecule has 0 aromatic rings. The van der Waals surface area contributed by atoms with Crippen molar-refractivity contribution in [1.82, 2.24) is 5.32 Å². The maximum Gasteiger partial charge on any atom is 0.00466 e. The van der Waals surface area contributed by atoms with Gasteiger partial charge in [-0.05, 0) is 31.6 Å². The molecule has 0 aliphatic rings. The smallest absolute Gasteiger partial charge is 0.00466 e. The molecule has 0 fully saturated rings. The van der Waals surface area contributed by atoms with E-state index in [1.165, 1.54) is 0 Å². The van der Waals surface area contributed by atoms with Crippen molar-refractivity contribution >= 4 is 12.6 Å². The molecule has 62 valence electrons. The van der Waals surface area contributed by atoms with E-state index in [1.807, 2.05) is 0 Å². The first-order chi connectivity index (χ1) is 4.66. The minimum atomic E-state index is 0.625. The molecule has 1 unspecified atom stereocenters. The molecule has 0 aromatic carbocycles. The SMILES string of the molecule is CC(C)CNC(C)CCS. The molecule has 0 spiro atoms. The van der Waals surface area contributed by atoms with Crippen molar-refractivity contribution in [1.29, 1.82) is 0 Å². The molecular formula is C8H19NS. The highest BCUT2D eigenvalue weighted by Crippen LogP contribution is 1.94. The fourth-order valence-electron chi connectivity index (χ4n) is 0.733. The Morgan fingerprint density at radius 2 is 1.90 bits per heavy atom. The highest BCUT2D eigenvalue weighted by atomic mass is 32.1. The lowest BCUT2D eigenvalue weighted by Gasteiger charge is -2.13. The standard InChI is InChI=1S/C8H19NS/c1-7(2)6-9-8(3)4-5-10/h7-10H,4-6H2,1-3H3. The van der Waals surface area contributed by atoms with E-state index in [4.69, 9.17) is 0 Å². The Kier molecular flexibility index (Phi) is 6.24. The van der Waals surface area contributed by atoms with Gasteiger partial charge in [-0.3, -0.25) is 0 Å². The molecular weight excluding hydrogens is 142 g/mol. The Labute approximate surface area is 70.0 Å². The van der Waals surface area contributed by atoms with Crippen LogP contribution in [0.3, 0.4) is 0 Å². The highest BCUT2D eigenvalue weighted by molar-refractivity contribution is 7.80. The third-order valence-electron chi connectivity index (χ3n) is 1.44. The van der Waals surface area contributed by atoms with Gasteiger partial charge in [0.15, 0.2) is 0 Å². The molecule has 0 saturated heterocycles. The van der Waals surface area contributed by atoms with E-state index in [2.05, 4.69) is 38.7 Å². The molecule has 0 aliphatic carbocycles. The highest BCUT2D eigenvalue weighted by Gasteiger charge is 1.99. The van der Waals surface area contributed by atoms with E-state index in [0.717, 1.165) is 24.6 Å². The van der Waals surface area contributed by atoms with Gasteiger partial charge in [-0.25, -0.2) is 0 Å². The molecule has 0 bridgehead atoms. The van der Waals surface area contributed by atoms with Crippen molar-refractivity contribution in [2.45, 2.75) is 33.2 Å². The molecule has 0 aliphatic heterocycles. The predicted molar refractivity (Wildman–Crippen MR) is 50.8 cm³/mol. The van der Waals surface area contributed by atoms with Crippen LogP contribution in [0.5, 0.6) is 0 Å². The molecule has 1 atom stereocenters. The van der Waals surface area contributed by atoms with Gasteiger partial charge in [0.1, 0.15) is 0 Å². The van der Waals surface area contributed by atoms with E-state index in [0.29, 0.717) is 6.04 Å². The molecule has 0 saturated carbocycles. The monoisotopic (exact) mass is 161 g/mol. The lowest BCUT2D eigenvalue weighted by atomic mass is 10.2. The molecule has 0 rings (SSSR count). The van der Waals surface area contributed by atoms with Crippen molar-refractivity contribution in [2.24, 2.45) is 5.92 Å². The molecule has 10 heavy (non-hydrogen) atoms. The van der Waals surface area contributed by atoms with Gasteiger partial charge in [-0.1, -0.05) is 13.8 Å². The lowest BCUT2D eigenvalue weighted by molar-refractivity contribution is 0.478. The average Bonchev–Trinajstić information content (AvgIpc) is 1.85. The van der Waals surface area contributed by atoms with Crippen LogP contribution in [0.15, 0.2) is 0 Å². The molecule has 0 radical (unpaired) electrons. The van der Waals surface area contributed by atoms with Crippen LogP contribution in [-0.2, 0) is 0 Å². The average molecular weight is 161 g/mol. The molecule has 2 heteroatoms. The Balaban J connectivity index is 3.12. The van der Waals surface area contributed by atoms with E-state index < -0.39 is 0 Å². The third kappa shape index (κ3) is 6.43. The van der Waals surface area contributed by atoms with Gasteiger partial charge in [0, 0.05) is 6.04 Å². The number of hydrogen-bond donors (Lipinski definition) is 2. The fraction of sp³-hybridized carbons (Fsp3) is 1.00. The maximum atomic E-state index is 4.16. The molecule has 0 amide bonds. The zero-order chi connectivity index (χ0) is 7.98. The van der Waals surface area contributed by atoms with Gasteiger partial charge in [0.2, 0.25) is 0 Å². The topological polar surface area (TPSA) is 12.0 Å². The van der Waals surface area contributed by atoms with Gasteiger partial charge in [0.05, 0.1) is 0 Å². The van der Waals surface area contributed by atoms with Crippen molar-refractivity contribution in [3.05, 3.63) is 0 Å². The van der Waals surface area contributed by atoms with Gasteiger partial charge in [-0.15, -0.1) is 0 Å². The van der Waals surface area contributed by atoms with Gasteiger partial charge < -0.3 is 5.32 Å². The van der Waals surface area contributed by atoms with E-state index in [9.17, 15) is 0 Å². The van der Waals surface area contributed by atoms with Gasteiger partial charge in [0.25, 0.3) is 0 Å². The Hall–Kier alpha value is 0.310. The molecule has 0 aromatic heterocycles. The van der Waals surface area contributed by atoms with E-state index in [1.54, 1.807) is 0 Å². The summed E-state index contributed by atoms with van der Waals surface area (Å²) in [6, 6.07) is 0.625. The lowest BCUT2D eigenvalue weighted by Crippen LogP contribution is -2.29. The van der Waals surface area contributed by atoms with Crippen LogP contribution >= 0.6 is 12.6 Å². The first-order valence-electron chi connectivity index (χ1n) is 4.01. The van der Waals surface area contributed by atoms with Crippen molar-refractivity contribution in [2.75, 3.05) is 12.3 Å². The van der Waals surface area contributed by atoms with Crippen LogP contribution in [-0.4, -0.2) is 18.3 Å². The van der Waals surface area contributed by atoms with Crippen molar-refractivity contribution < 1.29 is 0 Å². The number of hydrogen-bond acceptors (Lipinski definition) is 2. The Morgan fingerprint density at radius 1 is 1.30 bits per heavy atom. The van der Waals surface area contributed by atoms with Gasteiger partial charge in [-0.2, -0.15) is 12.6 Å². The van der Waals surface area contributed by atoms with Crippen LogP contribution in [0.4, 0.5) is 0 Å². The molecule has 1 N–H and O–H groups in total. The predicted octanol–water partition coefficient (Wildman–Crippen LogP) is 1.94. The fourth-order valence-corrected chi connectivity index (χ4v) is 1.12. The maximum absolute atomic E-state index is 4.16. The summed E-state index contributed by atoms with van der Waals surface area (Å²) in [5.74, 6) is 1.73. The van der Waals surface area contributed by atoms with Crippen LogP contribution in [0.2, 0.25) is 0 Å². The summed E-state index contributed by atoms with van der Waals surface area (Å²) in [5.41, 5.74) is 0. The van der Waals surface area contributed by atoms with Gasteiger partial charge >= 0.3 is 0 Å². The summed E-state index contributed by atoms with van der Waals surface area (Å²) in [6.07, 6.45) is 1.16. The minimum Gasteiger partial charge on any atom is -0.314 e. The second-order valence-electron chi connectivity index (χ2n) is 3.22. The third-order valence-corrected chi connectivity index (χ3v) is 1.69. The summed E-state index contributed by atoms with van der Waals surface area (Å²) in [6.45, 7) is 7.77. The van der Waals surface area contributed by atoms with Crippen LogP contribution in [0, 0.1) is 5.92 Å². The summed E-state index contributed by atoms with van der Waals surface area (Å²) >= 11 is 4.16. The second kappa shape index (κ2) is 6.05. The normalized spacial score (nSPS) is 14.1. The molecule has 1 nitrogen and oxygen atoms in total. The van der Waals surface area contributed by atoms with E-state index >= 15 is 0 Å². The summed E-state index contributed by atoms with van der Waals surface area (Å²) in [4.78, 5) is 0. The largest absolute Gasteiger partial charge is 0.314 e. The van der Waals surface area contributed by atoms with Crippen LogP contribution in [0.1, 0.15) is 27.2 Å². The number of nitrogens with one attached hydrogen (secondary N) is 1. The summed E-state index contributed by atoms with van der Waals surface area (Å²) in [7, 11) is 0. The minimum absolute atomic E-state index is 0.625. The van der Waals surface area contributed by atoms with Crippen LogP contribution in [0.25, 0.3) is 0 Å². The Bertz CT molecular complexity index is 73.7. The number of thiol groups is 1. The zero-order valence-electron chi connectivity index (χ0n) is 7.22.